The molecule has 1 aliphatic carbocycles. The Hall–Kier alpha value is -2.71. The van der Waals surface area contributed by atoms with Crippen molar-refractivity contribution in [1.29, 1.82) is 0 Å². The van der Waals surface area contributed by atoms with E-state index in [-0.39, 0.29) is 24.3 Å². The van der Waals surface area contributed by atoms with E-state index < -0.39 is 0 Å². The van der Waals surface area contributed by atoms with Crippen LogP contribution in [0.3, 0.4) is 0 Å². The highest BCUT2D eigenvalue weighted by atomic mass is 16.2. The molecule has 1 saturated carbocycles. The predicted molar refractivity (Wildman–Crippen MR) is 112 cm³/mol. The minimum absolute atomic E-state index is 0.0123. The fourth-order valence-corrected chi connectivity index (χ4v) is 3.19. The van der Waals surface area contributed by atoms with E-state index in [1.807, 2.05) is 0 Å². The molecular weight excluding hydrogens is 370 g/mol. The Morgan fingerprint density at radius 2 is 1.69 bits per heavy atom. The van der Waals surface area contributed by atoms with Crippen LogP contribution in [0, 0.1) is 0 Å². The lowest BCUT2D eigenvalue weighted by Crippen LogP contribution is -2.51. The minimum atomic E-state index is -0.109. The van der Waals surface area contributed by atoms with Gasteiger partial charge in [-0.3, -0.25) is 24.2 Å². The minimum Gasteiger partial charge on any atom is -0.352 e. The Morgan fingerprint density at radius 3 is 2.31 bits per heavy atom. The van der Waals surface area contributed by atoms with Crippen molar-refractivity contribution in [2.75, 3.05) is 51.1 Å². The molecule has 0 aromatic heterocycles. The van der Waals surface area contributed by atoms with Crippen molar-refractivity contribution in [2.24, 2.45) is 0 Å². The van der Waals surface area contributed by atoms with Gasteiger partial charge in [-0.25, -0.2) is 0 Å². The van der Waals surface area contributed by atoms with Gasteiger partial charge in [0, 0.05) is 50.0 Å². The summed E-state index contributed by atoms with van der Waals surface area (Å²) in [6, 6.07) is 7.30. The molecule has 3 rings (SSSR count). The molecule has 1 saturated heterocycles. The lowest BCUT2D eigenvalue weighted by molar-refractivity contribution is -0.123. The number of amides is 3. The Labute approximate surface area is 171 Å². The highest BCUT2D eigenvalue weighted by molar-refractivity contribution is 5.97. The third-order valence-electron chi connectivity index (χ3n) is 4.96. The van der Waals surface area contributed by atoms with Gasteiger partial charge in [-0.2, -0.15) is 0 Å². The van der Waals surface area contributed by atoms with Crippen LogP contribution in [0.4, 0.5) is 5.69 Å². The van der Waals surface area contributed by atoms with Crippen LogP contribution in [0.2, 0.25) is 0 Å². The molecule has 8 nitrogen and oxygen atoms in total. The van der Waals surface area contributed by atoms with Crippen molar-refractivity contribution in [1.82, 2.24) is 20.4 Å². The zero-order chi connectivity index (χ0) is 20.6. The summed E-state index contributed by atoms with van der Waals surface area (Å²) < 4.78 is 0. The molecule has 0 bridgehead atoms. The van der Waals surface area contributed by atoms with E-state index in [2.05, 4.69) is 32.3 Å². The normalized spacial score (nSPS) is 17.4. The molecule has 1 heterocycles. The first-order valence-electron chi connectivity index (χ1n) is 10.1. The molecule has 0 atom stereocenters. The molecule has 0 spiro atoms. The number of nitrogens with zero attached hydrogens (tertiary/aromatic N) is 2. The van der Waals surface area contributed by atoms with E-state index in [0.717, 1.165) is 39.0 Å². The van der Waals surface area contributed by atoms with Crippen molar-refractivity contribution in [3.05, 3.63) is 42.5 Å². The van der Waals surface area contributed by atoms with Gasteiger partial charge in [0.15, 0.2) is 0 Å². The summed E-state index contributed by atoms with van der Waals surface area (Å²) in [5.41, 5.74) is 1.18. The largest absolute Gasteiger partial charge is 0.352 e. The molecule has 1 aliphatic heterocycles. The number of hydrogen-bond donors (Lipinski definition) is 3. The Balaban J connectivity index is 1.40. The van der Waals surface area contributed by atoms with E-state index in [1.165, 1.54) is 0 Å². The van der Waals surface area contributed by atoms with Crippen molar-refractivity contribution in [3.63, 3.8) is 0 Å². The summed E-state index contributed by atoms with van der Waals surface area (Å²) in [5, 5.41) is 8.59. The molecule has 1 aromatic carbocycles. The van der Waals surface area contributed by atoms with Crippen LogP contribution in [0.5, 0.6) is 0 Å². The summed E-state index contributed by atoms with van der Waals surface area (Å²) in [7, 11) is 0. The van der Waals surface area contributed by atoms with Crippen LogP contribution in [0.15, 0.2) is 36.9 Å². The van der Waals surface area contributed by atoms with Crippen LogP contribution in [-0.4, -0.2) is 79.4 Å². The summed E-state index contributed by atoms with van der Waals surface area (Å²) in [6.07, 6.45) is 3.73. The number of rotatable bonds is 9. The standard InChI is InChI=1S/C21H29N5O3/c1-2-8-22-19(27)14-25-9-11-26(12-10-25)15-20(28)23-18-5-3-4-16(13-18)21(29)24-17-6-7-17/h2-5,13,17H,1,6-12,14-15H2,(H,22,27)(H,23,28)(H,24,29). The van der Waals surface area contributed by atoms with Gasteiger partial charge in [-0.1, -0.05) is 12.1 Å². The molecule has 2 aliphatic rings. The Morgan fingerprint density at radius 1 is 1.03 bits per heavy atom. The van der Waals surface area contributed by atoms with Gasteiger partial charge in [0.2, 0.25) is 11.8 Å². The zero-order valence-corrected chi connectivity index (χ0v) is 16.7. The molecule has 29 heavy (non-hydrogen) atoms. The van der Waals surface area contributed by atoms with Crippen LogP contribution in [0.1, 0.15) is 23.2 Å². The molecule has 3 amide bonds. The third-order valence-corrected chi connectivity index (χ3v) is 4.96. The Bertz CT molecular complexity index is 754. The van der Waals surface area contributed by atoms with Crippen LogP contribution in [-0.2, 0) is 9.59 Å². The van der Waals surface area contributed by atoms with Gasteiger partial charge in [0.05, 0.1) is 13.1 Å². The average molecular weight is 399 g/mol. The molecule has 0 unspecified atom stereocenters. The first-order valence-corrected chi connectivity index (χ1v) is 10.1. The number of anilines is 1. The summed E-state index contributed by atoms with van der Waals surface area (Å²) in [5.74, 6) is -0.222. The smallest absolute Gasteiger partial charge is 0.251 e. The monoisotopic (exact) mass is 399 g/mol. The number of nitrogens with one attached hydrogen (secondary N) is 3. The topological polar surface area (TPSA) is 93.8 Å². The fraction of sp³-hybridized carbons (Fsp3) is 0.476. The summed E-state index contributed by atoms with van der Waals surface area (Å²) in [4.78, 5) is 40.4. The SMILES string of the molecule is C=CCNC(=O)CN1CCN(CC(=O)Nc2cccc(C(=O)NC3CC3)c2)CC1. The van der Waals surface area contributed by atoms with Crippen LogP contribution < -0.4 is 16.0 Å². The van der Waals surface area contributed by atoms with Gasteiger partial charge >= 0.3 is 0 Å². The molecule has 8 heteroatoms. The second-order valence-electron chi connectivity index (χ2n) is 7.52. The molecule has 0 radical (unpaired) electrons. The maximum absolute atomic E-state index is 12.4. The maximum Gasteiger partial charge on any atom is 0.251 e. The summed E-state index contributed by atoms with van der Waals surface area (Å²) in [6.45, 7) is 7.65. The number of carbonyl (C=O) groups excluding carboxylic acids is 3. The average Bonchev–Trinajstić information content (AvgIpc) is 3.52. The first kappa shape index (κ1) is 21.0. The number of piperazine rings is 1. The van der Waals surface area contributed by atoms with Crippen molar-refractivity contribution < 1.29 is 14.4 Å². The van der Waals surface area contributed by atoms with E-state index >= 15 is 0 Å². The van der Waals surface area contributed by atoms with Gasteiger partial charge < -0.3 is 16.0 Å². The van der Waals surface area contributed by atoms with E-state index in [4.69, 9.17) is 0 Å². The lowest BCUT2D eigenvalue weighted by Gasteiger charge is -2.33. The molecule has 3 N–H and O–H groups in total. The van der Waals surface area contributed by atoms with E-state index in [9.17, 15) is 14.4 Å². The number of hydrogen-bond acceptors (Lipinski definition) is 5. The lowest BCUT2D eigenvalue weighted by atomic mass is 10.2. The second-order valence-corrected chi connectivity index (χ2v) is 7.52. The van der Waals surface area contributed by atoms with Gasteiger partial charge in [0.25, 0.3) is 5.91 Å². The highest BCUT2D eigenvalue weighted by Gasteiger charge is 2.24. The predicted octanol–water partition coefficient (Wildman–Crippen LogP) is 0.437. The van der Waals surface area contributed by atoms with Crippen LogP contribution >= 0.6 is 0 Å². The van der Waals surface area contributed by atoms with Crippen molar-refractivity contribution in [3.8, 4) is 0 Å². The van der Waals surface area contributed by atoms with Crippen molar-refractivity contribution in [2.45, 2.75) is 18.9 Å². The van der Waals surface area contributed by atoms with Crippen LogP contribution in [0.25, 0.3) is 0 Å². The molecular formula is C21H29N5O3. The quantitative estimate of drug-likeness (QED) is 0.524. The molecule has 156 valence electrons. The van der Waals surface area contributed by atoms with E-state index in [1.54, 1.807) is 30.3 Å². The van der Waals surface area contributed by atoms with Gasteiger partial charge in [-0.15, -0.1) is 6.58 Å². The van der Waals surface area contributed by atoms with E-state index in [0.29, 0.717) is 30.4 Å². The molecule has 1 aromatic rings. The zero-order valence-electron chi connectivity index (χ0n) is 16.7. The fourth-order valence-electron chi connectivity index (χ4n) is 3.19. The molecule has 2 fully saturated rings. The number of benzene rings is 1. The number of carbonyl (C=O) groups is 3. The third kappa shape index (κ3) is 6.99. The Kier molecular flexibility index (Phi) is 7.37. The van der Waals surface area contributed by atoms with Gasteiger partial charge in [0.1, 0.15) is 0 Å². The van der Waals surface area contributed by atoms with Gasteiger partial charge in [-0.05, 0) is 31.0 Å². The highest BCUT2D eigenvalue weighted by Crippen LogP contribution is 2.20. The maximum atomic E-state index is 12.4. The van der Waals surface area contributed by atoms with Crippen molar-refractivity contribution >= 4 is 23.4 Å². The second kappa shape index (κ2) is 10.2. The first-order chi connectivity index (χ1) is 14.0. The summed E-state index contributed by atoms with van der Waals surface area (Å²) >= 11 is 0.